The van der Waals surface area contributed by atoms with E-state index in [9.17, 15) is 8.42 Å². The topological polar surface area (TPSA) is 102 Å². The second kappa shape index (κ2) is 5.44. The zero-order valence-corrected chi connectivity index (χ0v) is 10.8. The molecule has 0 aromatic carbocycles. The first-order valence-electron chi connectivity index (χ1n) is 5.28. The van der Waals surface area contributed by atoms with Crippen LogP contribution < -0.4 is 15.8 Å². The van der Waals surface area contributed by atoms with Crippen LogP contribution >= 0.6 is 0 Å². The minimum Gasteiger partial charge on any atom is -0.357 e. The molecule has 96 valence electrons. The first-order valence-corrected chi connectivity index (χ1v) is 6.82. The summed E-state index contributed by atoms with van der Waals surface area (Å²) in [6.07, 6.45) is 2.10. The van der Waals surface area contributed by atoms with E-state index >= 15 is 0 Å². The molecule has 1 unspecified atom stereocenters. The maximum atomic E-state index is 11.1. The van der Waals surface area contributed by atoms with Crippen molar-refractivity contribution in [3.8, 4) is 0 Å². The molecule has 0 spiro atoms. The molecular weight excluding hydrogens is 240 g/mol. The Labute approximate surface area is 102 Å². The summed E-state index contributed by atoms with van der Waals surface area (Å²) < 4.78 is 22.1. The Bertz CT molecular complexity index is 458. The number of hydrogen-bond acceptors (Lipinski definition) is 5. The summed E-state index contributed by atoms with van der Waals surface area (Å²) in [6.45, 7) is 2.63. The predicted octanol–water partition coefficient (Wildman–Crippen LogP) is -0.0975. The molecule has 0 aliphatic carbocycles. The van der Waals surface area contributed by atoms with E-state index in [1.807, 2.05) is 18.9 Å². The van der Waals surface area contributed by atoms with Gasteiger partial charge in [0.05, 0.1) is 0 Å². The molecule has 0 saturated carbocycles. The summed E-state index contributed by atoms with van der Waals surface area (Å²) >= 11 is 0. The Hall–Kier alpha value is -1.18. The lowest BCUT2D eigenvalue weighted by atomic mass is 10.2. The average Bonchev–Trinajstić information content (AvgIpc) is 2.27. The molecule has 0 fully saturated rings. The number of sulfonamides is 1. The van der Waals surface area contributed by atoms with Gasteiger partial charge >= 0.3 is 0 Å². The fourth-order valence-corrected chi connectivity index (χ4v) is 1.87. The van der Waals surface area contributed by atoms with Gasteiger partial charge in [-0.25, -0.2) is 18.5 Å². The van der Waals surface area contributed by atoms with Crippen LogP contribution in [0.2, 0.25) is 0 Å². The Balaban J connectivity index is 2.88. The molecule has 1 aromatic heterocycles. The smallest absolute Gasteiger partial charge is 0.239 e. The predicted molar refractivity (Wildman–Crippen MR) is 67.1 cm³/mol. The number of anilines is 1. The van der Waals surface area contributed by atoms with Crippen LogP contribution in [-0.4, -0.2) is 33.0 Å². The average molecular weight is 258 g/mol. The first-order chi connectivity index (χ1) is 7.86. The van der Waals surface area contributed by atoms with E-state index in [4.69, 9.17) is 10.9 Å². The quantitative estimate of drug-likeness (QED) is 0.768. The number of nitrogens with two attached hydrogens (primary N) is 2. The van der Waals surface area contributed by atoms with Crippen LogP contribution in [0.15, 0.2) is 23.2 Å². The van der Waals surface area contributed by atoms with Crippen molar-refractivity contribution in [2.45, 2.75) is 24.3 Å². The third kappa shape index (κ3) is 3.65. The van der Waals surface area contributed by atoms with Crippen LogP contribution in [0, 0.1) is 0 Å². The summed E-state index contributed by atoms with van der Waals surface area (Å²) in [4.78, 5) is 6.03. The largest absolute Gasteiger partial charge is 0.357 e. The van der Waals surface area contributed by atoms with Crippen LogP contribution in [0.1, 0.15) is 13.3 Å². The Morgan fingerprint density at radius 3 is 2.53 bits per heavy atom. The van der Waals surface area contributed by atoms with Gasteiger partial charge in [-0.05, 0) is 32.0 Å². The lowest BCUT2D eigenvalue weighted by Gasteiger charge is -2.25. The van der Waals surface area contributed by atoms with Crippen LogP contribution in [0.3, 0.4) is 0 Å². The molecular formula is C10H18N4O2S. The van der Waals surface area contributed by atoms with Crippen LogP contribution in [0.5, 0.6) is 0 Å². The van der Waals surface area contributed by atoms with E-state index in [1.54, 1.807) is 6.07 Å². The van der Waals surface area contributed by atoms with Gasteiger partial charge in [-0.15, -0.1) is 0 Å². The molecule has 0 saturated heterocycles. The lowest BCUT2D eigenvalue weighted by Crippen LogP contribution is -2.31. The van der Waals surface area contributed by atoms with Gasteiger partial charge in [-0.1, -0.05) is 0 Å². The molecule has 0 radical (unpaired) electrons. The van der Waals surface area contributed by atoms with Crippen molar-refractivity contribution in [2.75, 3.05) is 18.5 Å². The Morgan fingerprint density at radius 2 is 2.12 bits per heavy atom. The highest BCUT2D eigenvalue weighted by Gasteiger charge is 2.12. The highest BCUT2D eigenvalue weighted by atomic mass is 32.2. The number of hydrogen-bond donors (Lipinski definition) is 2. The molecule has 1 rings (SSSR count). The first kappa shape index (κ1) is 13.9. The van der Waals surface area contributed by atoms with Gasteiger partial charge in [0.25, 0.3) is 0 Å². The fraction of sp³-hybridized carbons (Fsp3) is 0.500. The molecule has 6 nitrogen and oxygen atoms in total. The number of pyridine rings is 1. The molecule has 0 bridgehead atoms. The third-order valence-electron chi connectivity index (χ3n) is 2.66. The molecule has 7 heteroatoms. The van der Waals surface area contributed by atoms with Crippen molar-refractivity contribution in [3.63, 3.8) is 0 Å². The van der Waals surface area contributed by atoms with E-state index in [0.717, 1.165) is 6.42 Å². The maximum Gasteiger partial charge on any atom is 0.239 e. The van der Waals surface area contributed by atoms with Gasteiger partial charge in [0.1, 0.15) is 10.7 Å². The van der Waals surface area contributed by atoms with E-state index < -0.39 is 10.0 Å². The number of nitrogens with zero attached hydrogens (tertiary/aromatic N) is 2. The van der Waals surface area contributed by atoms with Gasteiger partial charge in [-0.3, -0.25) is 0 Å². The van der Waals surface area contributed by atoms with Crippen molar-refractivity contribution >= 4 is 15.8 Å². The van der Waals surface area contributed by atoms with Crippen molar-refractivity contribution in [1.29, 1.82) is 0 Å². The second-order valence-corrected chi connectivity index (χ2v) is 5.50. The van der Waals surface area contributed by atoms with Crippen molar-refractivity contribution in [3.05, 3.63) is 18.3 Å². The summed E-state index contributed by atoms with van der Waals surface area (Å²) in [5.41, 5.74) is 5.48. The molecule has 1 heterocycles. The number of primary sulfonamides is 1. The maximum absolute atomic E-state index is 11.1. The van der Waals surface area contributed by atoms with Crippen molar-refractivity contribution < 1.29 is 8.42 Å². The zero-order chi connectivity index (χ0) is 13.1. The van der Waals surface area contributed by atoms with Crippen molar-refractivity contribution in [2.24, 2.45) is 10.9 Å². The normalized spacial score (nSPS) is 13.4. The second-order valence-electron chi connectivity index (χ2n) is 3.93. The van der Waals surface area contributed by atoms with Gasteiger partial charge in [0, 0.05) is 19.3 Å². The fourth-order valence-electron chi connectivity index (χ4n) is 1.41. The van der Waals surface area contributed by atoms with E-state index in [-0.39, 0.29) is 10.9 Å². The van der Waals surface area contributed by atoms with Crippen molar-refractivity contribution in [1.82, 2.24) is 4.98 Å². The summed E-state index contributed by atoms with van der Waals surface area (Å²) in [6, 6.07) is 3.32. The standard InChI is InChI=1S/C10H18N4O2S/c1-8(5-6-11)14(2)10-4-3-9(7-13-10)17(12,15)16/h3-4,7-8H,5-6,11H2,1-2H3,(H2,12,15,16). The highest BCUT2D eigenvalue weighted by Crippen LogP contribution is 2.15. The van der Waals surface area contributed by atoms with E-state index in [1.165, 1.54) is 12.3 Å². The van der Waals surface area contributed by atoms with E-state index in [0.29, 0.717) is 12.4 Å². The van der Waals surface area contributed by atoms with Gasteiger partial charge < -0.3 is 10.6 Å². The molecule has 1 aromatic rings. The number of rotatable bonds is 5. The van der Waals surface area contributed by atoms with Gasteiger partial charge in [-0.2, -0.15) is 0 Å². The minimum absolute atomic E-state index is 0.0149. The van der Waals surface area contributed by atoms with E-state index in [2.05, 4.69) is 4.98 Å². The third-order valence-corrected chi connectivity index (χ3v) is 3.55. The molecule has 0 aliphatic rings. The summed E-state index contributed by atoms with van der Waals surface area (Å²) in [5, 5.41) is 4.99. The zero-order valence-electron chi connectivity index (χ0n) is 10.00. The summed E-state index contributed by atoms with van der Waals surface area (Å²) in [5.74, 6) is 0.693. The number of aromatic nitrogens is 1. The molecule has 0 amide bonds. The Morgan fingerprint density at radius 1 is 1.47 bits per heavy atom. The monoisotopic (exact) mass is 258 g/mol. The SMILES string of the molecule is CC(CCN)N(C)c1ccc(S(N)(=O)=O)cn1. The molecule has 1 atom stereocenters. The molecule has 17 heavy (non-hydrogen) atoms. The minimum atomic E-state index is -3.68. The Kier molecular flexibility index (Phi) is 4.44. The van der Waals surface area contributed by atoms with Crippen LogP contribution in [-0.2, 0) is 10.0 Å². The van der Waals surface area contributed by atoms with Gasteiger partial charge in [0.15, 0.2) is 0 Å². The van der Waals surface area contributed by atoms with Gasteiger partial charge in [0.2, 0.25) is 10.0 Å². The highest BCUT2D eigenvalue weighted by molar-refractivity contribution is 7.89. The lowest BCUT2D eigenvalue weighted by molar-refractivity contribution is 0.597. The van der Waals surface area contributed by atoms with Crippen LogP contribution in [0.4, 0.5) is 5.82 Å². The summed E-state index contributed by atoms with van der Waals surface area (Å²) in [7, 11) is -1.79. The molecule has 4 N–H and O–H groups in total. The van der Waals surface area contributed by atoms with Crippen LogP contribution in [0.25, 0.3) is 0 Å². The molecule has 0 aliphatic heterocycles.